The largest absolute Gasteiger partial charge is 0.326 e. The molecule has 0 fully saturated rings. The maximum absolute atomic E-state index is 13.2. The number of anilines is 1. The normalized spacial score (nSPS) is 21.1. The summed E-state index contributed by atoms with van der Waals surface area (Å²) in [4.78, 5) is 9.45. The summed E-state index contributed by atoms with van der Waals surface area (Å²) in [7, 11) is 0. The van der Waals surface area contributed by atoms with Crippen LogP contribution in [0.1, 0.15) is 0 Å². The van der Waals surface area contributed by atoms with Gasteiger partial charge < -0.3 is 10.6 Å². The van der Waals surface area contributed by atoms with Crippen LogP contribution < -0.4 is 10.6 Å². The maximum atomic E-state index is 13.2. The van der Waals surface area contributed by atoms with Crippen LogP contribution in [0.3, 0.4) is 0 Å². The molecule has 2 aromatic carbocycles. The number of amidine groups is 1. The molecule has 2 heterocycles. The fourth-order valence-corrected chi connectivity index (χ4v) is 3.99. The van der Waals surface area contributed by atoms with E-state index in [1.165, 1.54) is 23.5 Å². The minimum Gasteiger partial charge on any atom is -0.326 e. The molecule has 6 nitrogen and oxygen atoms in total. The molecule has 148 valence electrons. The van der Waals surface area contributed by atoms with Gasteiger partial charge in [0.25, 0.3) is 0 Å². The number of halogens is 1. The Morgan fingerprint density at radius 3 is 2.60 bits per heavy atom. The third-order valence-electron chi connectivity index (χ3n) is 4.70. The molecular formula is C22H17FN6S. The number of aliphatic imine (C=N–C) groups is 2. The van der Waals surface area contributed by atoms with Crippen molar-refractivity contribution in [1.82, 2.24) is 15.5 Å². The summed E-state index contributed by atoms with van der Waals surface area (Å²) < 4.78 is 13.2. The van der Waals surface area contributed by atoms with Crippen LogP contribution >= 0.6 is 11.3 Å². The molecule has 5 rings (SSSR count). The van der Waals surface area contributed by atoms with Crippen LogP contribution in [0, 0.1) is 11.7 Å². The second kappa shape index (κ2) is 8.00. The van der Waals surface area contributed by atoms with Crippen LogP contribution in [0.4, 0.5) is 15.2 Å². The smallest absolute Gasteiger partial charge is 0.233 e. The van der Waals surface area contributed by atoms with Crippen LogP contribution in [0.25, 0.3) is 10.6 Å². The van der Waals surface area contributed by atoms with E-state index in [1.807, 2.05) is 48.6 Å². The van der Waals surface area contributed by atoms with Gasteiger partial charge in [-0.25, -0.2) is 14.4 Å². The van der Waals surface area contributed by atoms with E-state index in [2.05, 4.69) is 26.9 Å². The van der Waals surface area contributed by atoms with Gasteiger partial charge in [-0.05, 0) is 24.3 Å². The highest BCUT2D eigenvalue weighted by atomic mass is 32.1. The first kappa shape index (κ1) is 18.4. The minimum atomic E-state index is -0.285. The van der Waals surface area contributed by atoms with Crippen molar-refractivity contribution in [3.8, 4) is 10.6 Å². The SMILES string of the molecule is Fc1ccc(NC2=NC3C=CC=CC3/C(=N/c3nnc(-c4ccccc4)s3)N2)cc1. The van der Waals surface area contributed by atoms with E-state index < -0.39 is 0 Å². The van der Waals surface area contributed by atoms with Crippen molar-refractivity contribution in [2.45, 2.75) is 6.04 Å². The molecular weight excluding hydrogens is 399 g/mol. The molecule has 3 aromatic rings. The average Bonchev–Trinajstić information content (AvgIpc) is 3.25. The van der Waals surface area contributed by atoms with Gasteiger partial charge in [0.2, 0.25) is 11.1 Å². The van der Waals surface area contributed by atoms with E-state index in [9.17, 15) is 4.39 Å². The molecule has 1 aliphatic carbocycles. The number of hydrogen-bond acceptors (Lipinski definition) is 6. The molecule has 0 spiro atoms. The van der Waals surface area contributed by atoms with Crippen LogP contribution in [-0.4, -0.2) is 28.0 Å². The standard InChI is InChI=1S/C22H17FN6S/c23-15-10-12-16(13-11-15)24-21-25-18-9-5-4-8-17(18)19(26-21)27-22-29-28-20(30-22)14-6-2-1-3-7-14/h1-13,17-18H,(H2,24,25,26,27,29). The Kier molecular flexibility index (Phi) is 4.90. The number of nitrogens with one attached hydrogen (secondary N) is 2. The van der Waals surface area contributed by atoms with Gasteiger partial charge in [-0.2, -0.15) is 0 Å². The number of rotatable bonds is 3. The zero-order chi connectivity index (χ0) is 20.3. The van der Waals surface area contributed by atoms with Gasteiger partial charge in [0, 0.05) is 11.3 Å². The van der Waals surface area contributed by atoms with Crippen molar-refractivity contribution in [3.63, 3.8) is 0 Å². The van der Waals surface area contributed by atoms with E-state index in [1.54, 1.807) is 12.1 Å². The number of nitrogens with zero attached hydrogens (tertiary/aromatic N) is 4. The van der Waals surface area contributed by atoms with Crippen LogP contribution in [0.15, 0.2) is 88.9 Å². The van der Waals surface area contributed by atoms with Gasteiger partial charge >= 0.3 is 0 Å². The lowest BCUT2D eigenvalue weighted by molar-refractivity contribution is 0.628. The Morgan fingerprint density at radius 2 is 1.77 bits per heavy atom. The van der Waals surface area contributed by atoms with Crippen molar-refractivity contribution in [2.24, 2.45) is 15.9 Å². The first-order valence-electron chi connectivity index (χ1n) is 9.44. The summed E-state index contributed by atoms with van der Waals surface area (Å²) in [6.07, 6.45) is 8.06. The highest BCUT2D eigenvalue weighted by molar-refractivity contribution is 7.18. The monoisotopic (exact) mass is 416 g/mol. The lowest BCUT2D eigenvalue weighted by atomic mass is 9.93. The summed E-state index contributed by atoms with van der Waals surface area (Å²) >= 11 is 1.43. The number of allylic oxidation sites excluding steroid dienone is 2. The molecule has 0 saturated heterocycles. The summed E-state index contributed by atoms with van der Waals surface area (Å²) in [5.41, 5.74) is 1.75. The quantitative estimate of drug-likeness (QED) is 0.657. The molecule has 0 bridgehead atoms. The van der Waals surface area contributed by atoms with Crippen molar-refractivity contribution in [3.05, 3.63) is 84.7 Å². The van der Waals surface area contributed by atoms with Gasteiger partial charge in [-0.15, -0.1) is 10.2 Å². The molecule has 0 radical (unpaired) electrons. The van der Waals surface area contributed by atoms with Crippen molar-refractivity contribution >= 4 is 34.0 Å². The second-order valence-electron chi connectivity index (χ2n) is 6.77. The number of fused-ring (bicyclic) bond motifs is 1. The third-order valence-corrected chi connectivity index (χ3v) is 5.57. The average molecular weight is 416 g/mol. The Balaban J connectivity index is 1.43. The van der Waals surface area contributed by atoms with Crippen molar-refractivity contribution in [1.29, 1.82) is 0 Å². The number of guanidine groups is 1. The molecule has 2 aliphatic rings. The first-order valence-corrected chi connectivity index (χ1v) is 10.3. The molecule has 2 N–H and O–H groups in total. The van der Waals surface area contributed by atoms with E-state index in [0.29, 0.717) is 11.1 Å². The molecule has 30 heavy (non-hydrogen) atoms. The van der Waals surface area contributed by atoms with Crippen molar-refractivity contribution in [2.75, 3.05) is 5.32 Å². The Hall–Kier alpha value is -3.65. The predicted octanol–water partition coefficient (Wildman–Crippen LogP) is 4.56. The molecule has 0 saturated carbocycles. The molecule has 8 heteroatoms. The molecule has 2 atom stereocenters. The van der Waals surface area contributed by atoms with Gasteiger partial charge in [0.15, 0.2) is 0 Å². The van der Waals surface area contributed by atoms with Crippen LogP contribution in [-0.2, 0) is 0 Å². The van der Waals surface area contributed by atoms with E-state index in [0.717, 1.165) is 22.1 Å². The highest BCUT2D eigenvalue weighted by Crippen LogP contribution is 2.29. The third kappa shape index (κ3) is 3.90. The van der Waals surface area contributed by atoms with Gasteiger partial charge in [0.1, 0.15) is 16.7 Å². The zero-order valence-electron chi connectivity index (χ0n) is 15.7. The molecule has 1 aromatic heterocycles. The Bertz CT molecular complexity index is 1160. The summed E-state index contributed by atoms with van der Waals surface area (Å²) in [6, 6.07) is 16.0. The van der Waals surface area contributed by atoms with Gasteiger partial charge in [-0.3, -0.25) is 0 Å². The van der Waals surface area contributed by atoms with Crippen LogP contribution in [0.2, 0.25) is 0 Å². The van der Waals surface area contributed by atoms with Gasteiger partial charge in [0.05, 0.1) is 12.0 Å². The fourth-order valence-electron chi connectivity index (χ4n) is 3.25. The van der Waals surface area contributed by atoms with E-state index in [4.69, 9.17) is 9.98 Å². The van der Waals surface area contributed by atoms with E-state index in [-0.39, 0.29) is 17.8 Å². The van der Waals surface area contributed by atoms with Crippen molar-refractivity contribution < 1.29 is 4.39 Å². The first-order chi connectivity index (χ1) is 14.7. The van der Waals surface area contributed by atoms with E-state index >= 15 is 0 Å². The molecule has 1 aliphatic heterocycles. The number of aromatic nitrogens is 2. The Labute approximate surface area is 176 Å². The maximum Gasteiger partial charge on any atom is 0.233 e. The predicted molar refractivity (Wildman–Crippen MR) is 119 cm³/mol. The summed E-state index contributed by atoms with van der Waals surface area (Å²) in [5, 5.41) is 16.4. The number of hydrogen-bond donors (Lipinski definition) is 2. The topological polar surface area (TPSA) is 74.6 Å². The Morgan fingerprint density at radius 1 is 0.967 bits per heavy atom. The summed E-state index contributed by atoms with van der Waals surface area (Å²) in [5.74, 6) is 0.982. The lowest BCUT2D eigenvalue weighted by Crippen LogP contribution is -2.48. The second-order valence-corrected chi connectivity index (χ2v) is 7.73. The summed E-state index contributed by atoms with van der Waals surface area (Å²) in [6.45, 7) is 0. The number of benzene rings is 2. The fraction of sp³-hybridized carbons (Fsp3) is 0.0909. The van der Waals surface area contributed by atoms with Crippen LogP contribution in [0.5, 0.6) is 0 Å². The highest BCUT2D eigenvalue weighted by Gasteiger charge is 2.29. The molecule has 0 amide bonds. The van der Waals surface area contributed by atoms with Gasteiger partial charge in [-0.1, -0.05) is 66.0 Å². The lowest BCUT2D eigenvalue weighted by Gasteiger charge is -2.29. The zero-order valence-corrected chi connectivity index (χ0v) is 16.6. The molecule has 2 unspecified atom stereocenters. The minimum absolute atomic E-state index is 0.0159.